The van der Waals surface area contributed by atoms with E-state index in [1.807, 2.05) is 25.1 Å². The molecule has 2 aliphatic rings. The van der Waals surface area contributed by atoms with E-state index in [9.17, 15) is 9.59 Å². The summed E-state index contributed by atoms with van der Waals surface area (Å²) in [6, 6.07) is 11.6. The monoisotopic (exact) mass is 536 g/mol. The largest absolute Gasteiger partial charge is 0.493 e. The molecule has 210 valence electrons. The number of benzene rings is 2. The van der Waals surface area contributed by atoms with Gasteiger partial charge in [-0.1, -0.05) is 25.1 Å². The highest BCUT2D eigenvalue weighted by atomic mass is 16.5. The van der Waals surface area contributed by atoms with E-state index in [1.54, 1.807) is 24.1 Å². The van der Waals surface area contributed by atoms with E-state index >= 15 is 0 Å². The highest BCUT2D eigenvalue weighted by molar-refractivity contribution is 6.03. The van der Waals surface area contributed by atoms with Crippen LogP contribution in [0, 0.1) is 13.8 Å². The average molecular weight is 537 g/mol. The highest BCUT2D eigenvalue weighted by Gasteiger charge is 2.35. The SMILES string of the molecule is CCC(=O)N(CCN1CCOCC1)CC(=O)N1N=C(c2ccc(C)c(C)c2)C[C@H]1c1ccc(OC)c(OC)c1. The summed E-state index contributed by atoms with van der Waals surface area (Å²) in [6.07, 6.45) is 0.895. The first kappa shape index (κ1) is 28.6. The number of amides is 2. The summed E-state index contributed by atoms with van der Waals surface area (Å²) in [4.78, 5) is 30.6. The molecule has 0 spiro atoms. The molecular weight excluding hydrogens is 496 g/mol. The Balaban J connectivity index is 1.61. The topological polar surface area (TPSA) is 83.9 Å². The zero-order valence-electron chi connectivity index (χ0n) is 23.7. The maximum absolute atomic E-state index is 13.8. The molecule has 1 atom stereocenters. The van der Waals surface area contributed by atoms with Crippen LogP contribution in [-0.4, -0.2) is 92.5 Å². The molecule has 1 fully saturated rings. The molecule has 2 aromatic rings. The van der Waals surface area contributed by atoms with Crippen LogP contribution in [0.25, 0.3) is 0 Å². The van der Waals surface area contributed by atoms with Crippen molar-refractivity contribution in [2.45, 2.75) is 39.7 Å². The molecule has 0 aliphatic carbocycles. The molecule has 2 aromatic carbocycles. The Kier molecular flexibility index (Phi) is 9.59. The molecule has 2 aliphatic heterocycles. The van der Waals surface area contributed by atoms with Gasteiger partial charge in [0, 0.05) is 39.0 Å². The Hall–Kier alpha value is -3.43. The van der Waals surface area contributed by atoms with Crippen molar-refractivity contribution in [1.82, 2.24) is 14.8 Å². The second-order valence-electron chi connectivity index (χ2n) is 10.0. The molecular formula is C30H40N4O5. The Morgan fingerprint density at radius 2 is 1.77 bits per heavy atom. The van der Waals surface area contributed by atoms with Crippen LogP contribution in [0.2, 0.25) is 0 Å². The maximum Gasteiger partial charge on any atom is 0.262 e. The smallest absolute Gasteiger partial charge is 0.262 e. The fraction of sp³-hybridized carbons (Fsp3) is 0.500. The minimum Gasteiger partial charge on any atom is -0.493 e. The lowest BCUT2D eigenvalue weighted by Crippen LogP contribution is -2.46. The van der Waals surface area contributed by atoms with E-state index in [4.69, 9.17) is 19.3 Å². The number of methoxy groups -OCH3 is 2. The number of carbonyl (C=O) groups is 2. The molecule has 0 radical (unpaired) electrons. The van der Waals surface area contributed by atoms with Crippen molar-refractivity contribution in [3.05, 3.63) is 58.7 Å². The van der Waals surface area contributed by atoms with Crippen LogP contribution in [0.3, 0.4) is 0 Å². The van der Waals surface area contributed by atoms with Crippen molar-refractivity contribution in [3.63, 3.8) is 0 Å². The fourth-order valence-corrected chi connectivity index (χ4v) is 4.99. The van der Waals surface area contributed by atoms with Crippen molar-refractivity contribution >= 4 is 17.5 Å². The second-order valence-corrected chi connectivity index (χ2v) is 10.0. The first-order valence-electron chi connectivity index (χ1n) is 13.6. The van der Waals surface area contributed by atoms with Gasteiger partial charge in [-0.15, -0.1) is 0 Å². The summed E-state index contributed by atoms with van der Waals surface area (Å²) in [7, 11) is 3.19. The van der Waals surface area contributed by atoms with Crippen molar-refractivity contribution in [1.29, 1.82) is 0 Å². The van der Waals surface area contributed by atoms with Crippen LogP contribution < -0.4 is 9.47 Å². The zero-order valence-corrected chi connectivity index (χ0v) is 23.7. The van der Waals surface area contributed by atoms with Gasteiger partial charge in [-0.05, 0) is 54.3 Å². The normalized spacial score (nSPS) is 17.6. The van der Waals surface area contributed by atoms with Crippen LogP contribution in [0.4, 0.5) is 0 Å². The molecule has 0 bridgehead atoms. The quantitative estimate of drug-likeness (QED) is 0.462. The summed E-state index contributed by atoms with van der Waals surface area (Å²) in [5.41, 5.74) is 5.10. The van der Waals surface area contributed by atoms with E-state index in [1.165, 1.54) is 11.1 Å². The third-order valence-corrected chi connectivity index (χ3v) is 7.57. The minimum atomic E-state index is -0.327. The van der Waals surface area contributed by atoms with Gasteiger partial charge in [0.15, 0.2) is 11.5 Å². The molecule has 39 heavy (non-hydrogen) atoms. The van der Waals surface area contributed by atoms with Crippen molar-refractivity contribution in [2.75, 3.05) is 60.2 Å². The van der Waals surface area contributed by atoms with Crippen molar-refractivity contribution < 1.29 is 23.8 Å². The summed E-state index contributed by atoms with van der Waals surface area (Å²) >= 11 is 0. The van der Waals surface area contributed by atoms with Gasteiger partial charge in [-0.25, -0.2) is 5.01 Å². The van der Waals surface area contributed by atoms with Gasteiger partial charge in [-0.2, -0.15) is 5.10 Å². The maximum atomic E-state index is 13.8. The Labute approximate surface area is 231 Å². The lowest BCUT2D eigenvalue weighted by Gasteiger charge is -2.31. The predicted octanol–water partition coefficient (Wildman–Crippen LogP) is 3.57. The van der Waals surface area contributed by atoms with Crippen LogP contribution >= 0.6 is 0 Å². The minimum absolute atomic E-state index is 0.0233. The van der Waals surface area contributed by atoms with Gasteiger partial charge in [0.2, 0.25) is 5.91 Å². The Morgan fingerprint density at radius 3 is 2.44 bits per heavy atom. The van der Waals surface area contributed by atoms with E-state index < -0.39 is 0 Å². The summed E-state index contributed by atoms with van der Waals surface area (Å²) < 4.78 is 16.4. The number of carbonyl (C=O) groups excluding carboxylic acids is 2. The van der Waals surface area contributed by atoms with Crippen LogP contribution in [0.15, 0.2) is 41.5 Å². The van der Waals surface area contributed by atoms with Crippen molar-refractivity contribution in [3.8, 4) is 11.5 Å². The number of hydrogen-bond donors (Lipinski definition) is 0. The Bertz CT molecular complexity index is 1210. The molecule has 4 rings (SSSR count). The molecule has 0 saturated carbocycles. The number of rotatable bonds is 10. The summed E-state index contributed by atoms with van der Waals surface area (Å²) in [5.74, 6) is 0.958. The standard InChI is InChI=1S/C30H40N4O5/c1-6-29(35)33(12-11-32-13-15-39-16-14-32)20-30(36)34-26(24-9-10-27(37-4)28(18-24)38-5)19-25(31-34)23-8-7-21(2)22(3)17-23/h7-10,17-18,26H,6,11-16,19-20H2,1-5H3/t26-/m0/s1. The lowest BCUT2D eigenvalue weighted by atomic mass is 9.96. The van der Waals surface area contributed by atoms with E-state index in [0.717, 1.165) is 29.9 Å². The lowest BCUT2D eigenvalue weighted by molar-refractivity contribution is -0.141. The molecule has 1 saturated heterocycles. The summed E-state index contributed by atoms with van der Waals surface area (Å²) in [6.45, 7) is 10.2. The van der Waals surface area contributed by atoms with Gasteiger partial charge in [0.1, 0.15) is 6.54 Å². The second kappa shape index (κ2) is 13.1. The van der Waals surface area contributed by atoms with Crippen LogP contribution in [0.5, 0.6) is 11.5 Å². The number of hydrazone groups is 1. The third kappa shape index (κ3) is 6.78. The van der Waals surface area contributed by atoms with Gasteiger partial charge in [0.05, 0.1) is 39.2 Å². The number of aryl methyl sites for hydroxylation is 2. The number of hydrogen-bond acceptors (Lipinski definition) is 7. The number of ether oxygens (including phenoxy) is 3. The first-order valence-corrected chi connectivity index (χ1v) is 13.6. The molecule has 0 N–H and O–H groups in total. The van der Waals surface area contributed by atoms with Crippen molar-refractivity contribution in [2.24, 2.45) is 5.10 Å². The molecule has 0 unspecified atom stereocenters. The van der Waals surface area contributed by atoms with Crippen LogP contribution in [-0.2, 0) is 14.3 Å². The van der Waals surface area contributed by atoms with Gasteiger partial charge < -0.3 is 19.1 Å². The zero-order chi connectivity index (χ0) is 27.9. The molecule has 9 nitrogen and oxygen atoms in total. The third-order valence-electron chi connectivity index (χ3n) is 7.57. The van der Waals surface area contributed by atoms with Gasteiger partial charge in [0.25, 0.3) is 5.91 Å². The highest BCUT2D eigenvalue weighted by Crippen LogP contribution is 2.37. The van der Waals surface area contributed by atoms with Crippen LogP contribution in [0.1, 0.15) is 48.1 Å². The van der Waals surface area contributed by atoms with E-state index in [2.05, 4.69) is 36.9 Å². The van der Waals surface area contributed by atoms with Gasteiger partial charge >= 0.3 is 0 Å². The number of nitrogens with zero attached hydrogens (tertiary/aromatic N) is 4. The first-order chi connectivity index (χ1) is 18.8. The Morgan fingerprint density at radius 1 is 1.03 bits per heavy atom. The fourth-order valence-electron chi connectivity index (χ4n) is 4.99. The van der Waals surface area contributed by atoms with E-state index in [-0.39, 0.29) is 24.4 Å². The molecule has 0 aromatic heterocycles. The van der Waals surface area contributed by atoms with E-state index in [0.29, 0.717) is 50.6 Å². The molecule has 2 heterocycles. The van der Waals surface area contributed by atoms with Gasteiger partial charge in [-0.3, -0.25) is 14.5 Å². The predicted molar refractivity (Wildman–Crippen MR) is 150 cm³/mol. The molecule has 2 amide bonds. The number of morpholine rings is 1. The summed E-state index contributed by atoms with van der Waals surface area (Å²) in [5, 5.41) is 6.39. The average Bonchev–Trinajstić information content (AvgIpc) is 3.42. The molecule has 9 heteroatoms.